The van der Waals surface area contributed by atoms with Crippen LogP contribution in [0, 0.1) is 0 Å². The number of hydrogen-bond donors (Lipinski definition) is 1. The van der Waals surface area contributed by atoms with Crippen LogP contribution in [0.2, 0.25) is 0 Å². The zero-order chi connectivity index (χ0) is 5.21. The molecule has 2 nitrogen and oxygen atoms in total. The van der Waals surface area contributed by atoms with Gasteiger partial charge in [-0.3, -0.25) is 10.1 Å². The summed E-state index contributed by atoms with van der Waals surface area (Å²) >= 11 is 1.22. The predicted octanol–water partition coefficient (Wildman–Crippen LogP) is 1.13. The Morgan fingerprint density at radius 3 is 2.00 bits per heavy atom. The fourth-order valence-electron chi connectivity index (χ4n) is 0. The second-order valence-electron chi connectivity index (χ2n) is 1.09. The van der Waals surface area contributed by atoms with Crippen LogP contribution in [0.1, 0.15) is 0 Å². The molecule has 0 rings (SSSR count). The van der Waals surface area contributed by atoms with E-state index in [2.05, 4.69) is 0 Å². The summed E-state index contributed by atoms with van der Waals surface area (Å²) in [6.45, 7) is -0.691. The fraction of sp³-hybridized carbons (Fsp3) is 1.00. The Hall–Kier alpha value is 0.540. The van der Waals surface area contributed by atoms with Crippen LogP contribution < -0.4 is 5.50 Å². The van der Waals surface area contributed by atoms with Gasteiger partial charge >= 0.3 is 0 Å². The molecule has 0 fully saturated rings. The van der Waals surface area contributed by atoms with Crippen molar-refractivity contribution in [3.05, 3.63) is 0 Å². The molecular weight excluding hydrogens is 117 g/mol. The molecule has 0 aromatic rings. The van der Waals surface area contributed by atoms with Crippen molar-refractivity contribution in [3.63, 3.8) is 0 Å². The van der Waals surface area contributed by atoms with E-state index >= 15 is 0 Å². The standard InChI is InChI=1S/C2H8NOPS/c1-5(3,4)6-2/h1-2H3,(H2,3,4). The summed E-state index contributed by atoms with van der Waals surface area (Å²) < 4.78 is 10.3. The summed E-state index contributed by atoms with van der Waals surface area (Å²) in [6, 6.07) is 0. The van der Waals surface area contributed by atoms with Crippen LogP contribution in [-0.2, 0) is 4.57 Å². The van der Waals surface area contributed by atoms with Crippen molar-refractivity contribution >= 4 is 17.9 Å². The van der Waals surface area contributed by atoms with Gasteiger partial charge in [-0.2, -0.15) is 0 Å². The number of nitrogens with two attached hydrogens (primary N) is 1. The maximum Gasteiger partial charge on any atom is 0.195 e. The Morgan fingerprint density at radius 1 is 1.83 bits per heavy atom. The van der Waals surface area contributed by atoms with Gasteiger partial charge in [-0.15, -0.1) is 0 Å². The number of rotatable bonds is 1. The maximum atomic E-state index is 10.3. The topological polar surface area (TPSA) is 43.1 Å². The molecule has 0 saturated heterocycles. The van der Waals surface area contributed by atoms with Gasteiger partial charge in [0.2, 0.25) is 0 Å². The van der Waals surface area contributed by atoms with Gasteiger partial charge in [0.15, 0.2) is 6.49 Å². The lowest BCUT2D eigenvalue weighted by Crippen LogP contribution is -1.82. The van der Waals surface area contributed by atoms with Gasteiger partial charge in [-0.05, 0) is 6.26 Å². The average molecular weight is 125 g/mol. The molecule has 2 N–H and O–H groups in total. The predicted molar refractivity (Wildman–Crippen MR) is 31.2 cm³/mol. The SMILES string of the molecule is CSP(C)(N)=O. The van der Waals surface area contributed by atoms with Crippen LogP contribution in [-0.4, -0.2) is 12.9 Å². The van der Waals surface area contributed by atoms with Gasteiger partial charge in [0.1, 0.15) is 0 Å². The van der Waals surface area contributed by atoms with Gasteiger partial charge in [0.25, 0.3) is 0 Å². The summed E-state index contributed by atoms with van der Waals surface area (Å²) in [5.41, 5.74) is 5.05. The van der Waals surface area contributed by atoms with E-state index in [1.807, 2.05) is 0 Å². The molecule has 1 atom stereocenters. The first-order valence-corrected chi connectivity index (χ1v) is 5.53. The van der Waals surface area contributed by atoms with Crippen LogP contribution in [0.15, 0.2) is 0 Å². The highest BCUT2D eigenvalue weighted by Gasteiger charge is 1.99. The molecule has 0 bridgehead atoms. The second kappa shape index (κ2) is 2.01. The zero-order valence-electron chi connectivity index (χ0n) is 3.84. The van der Waals surface area contributed by atoms with Crippen LogP contribution in [0.5, 0.6) is 0 Å². The van der Waals surface area contributed by atoms with Gasteiger partial charge in [-0.25, -0.2) is 0 Å². The molecule has 0 aliphatic rings. The second-order valence-corrected chi connectivity index (χ2v) is 6.54. The minimum atomic E-state index is -2.23. The fourth-order valence-corrected chi connectivity index (χ4v) is 0. The molecule has 0 saturated carbocycles. The molecular formula is C2H8NOPS. The lowest BCUT2D eigenvalue weighted by molar-refractivity contribution is 0.589. The van der Waals surface area contributed by atoms with Gasteiger partial charge in [0.05, 0.1) is 0 Å². The van der Waals surface area contributed by atoms with Crippen LogP contribution in [0.3, 0.4) is 0 Å². The van der Waals surface area contributed by atoms with Crippen LogP contribution in [0.25, 0.3) is 0 Å². The third kappa shape index (κ3) is 4.54. The maximum absolute atomic E-state index is 10.3. The first-order valence-electron chi connectivity index (χ1n) is 1.48. The minimum Gasteiger partial charge on any atom is -0.295 e. The summed E-state index contributed by atoms with van der Waals surface area (Å²) in [7, 11) is 0. The highest BCUT2D eigenvalue weighted by Crippen LogP contribution is 2.44. The van der Waals surface area contributed by atoms with Gasteiger partial charge < -0.3 is 0 Å². The van der Waals surface area contributed by atoms with Crippen LogP contribution in [0.4, 0.5) is 0 Å². The third-order valence-electron chi connectivity index (χ3n) is 0.363. The molecule has 6 heavy (non-hydrogen) atoms. The van der Waals surface area contributed by atoms with E-state index in [1.54, 1.807) is 6.26 Å². The lowest BCUT2D eigenvalue weighted by atomic mass is 12.0. The Balaban J connectivity index is 3.48. The van der Waals surface area contributed by atoms with E-state index in [-0.39, 0.29) is 0 Å². The largest absolute Gasteiger partial charge is 0.295 e. The van der Waals surface area contributed by atoms with Crippen molar-refractivity contribution < 1.29 is 4.57 Å². The van der Waals surface area contributed by atoms with E-state index in [0.717, 1.165) is 0 Å². The Bertz CT molecular complexity index is 77.6. The van der Waals surface area contributed by atoms with E-state index < -0.39 is 6.49 Å². The molecule has 0 spiro atoms. The van der Waals surface area contributed by atoms with Crippen molar-refractivity contribution in [1.82, 2.24) is 0 Å². The minimum absolute atomic E-state index is 1.22. The first kappa shape index (κ1) is 6.54. The van der Waals surface area contributed by atoms with Crippen molar-refractivity contribution in [3.8, 4) is 0 Å². The van der Waals surface area contributed by atoms with Crippen molar-refractivity contribution in [2.45, 2.75) is 0 Å². The zero-order valence-corrected chi connectivity index (χ0v) is 5.55. The Kier molecular flexibility index (Phi) is 2.19. The molecule has 0 aliphatic carbocycles. The molecule has 1 unspecified atom stereocenters. The van der Waals surface area contributed by atoms with Crippen molar-refractivity contribution in [2.75, 3.05) is 12.9 Å². The smallest absolute Gasteiger partial charge is 0.195 e. The molecule has 0 aliphatic heterocycles. The number of hydrogen-bond acceptors (Lipinski definition) is 2. The summed E-state index contributed by atoms with van der Waals surface area (Å²) in [6.07, 6.45) is 1.74. The van der Waals surface area contributed by atoms with E-state index in [0.29, 0.717) is 0 Å². The Morgan fingerprint density at radius 2 is 2.00 bits per heavy atom. The normalized spacial score (nSPS) is 19.8. The van der Waals surface area contributed by atoms with E-state index in [4.69, 9.17) is 5.50 Å². The van der Waals surface area contributed by atoms with Crippen LogP contribution >= 0.6 is 17.9 Å². The summed E-state index contributed by atoms with van der Waals surface area (Å²) in [5, 5.41) is 0. The van der Waals surface area contributed by atoms with Crippen molar-refractivity contribution in [2.24, 2.45) is 5.50 Å². The average Bonchev–Trinajstić information content (AvgIpc) is 1.35. The molecule has 4 heteroatoms. The van der Waals surface area contributed by atoms with Gasteiger partial charge in [-0.1, -0.05) is 11.4 Å². The first-order chi connectivity index (χ1) is 2.56. The highest BCUT2D eigenvalue weighted by molar-refractivity contribution is 8.56. The quantitative estimate of drug-likeness (QED) is 0.534. The van der Waals surface area contributed by atoms with Crippen molar-refractivity contribution in [1.29, 1.82) is 0 Å². The van der Waals surface area contributed by atoms with E-state index in [1.165, 1.54) is 18.0 Å². The molecule has 0 amide bonds. The molecule has 0 aromatic carbocycles. The Labute approximate surface area is 41.7 Å². The molecule has 0 heterocycles. The van der Waals surface area contributed by atoms with E-state index in [9.17, 15) is 4.57 Å². The third-order valence-corrected chi connectivity index (χ3v) is 3.26. The van der Waals surface area contributed by atoms with Gasteiger partial charge in [0, 0.05) is 6.66 Å². The molecule has 0 radical (unpaired) electrons. The summed E-state index contributed by atoms with van der Waals surface area (Å²) in [5.74, 6) is 0. The lowest BCUT2D eigenvalue weighted by Gasteiger charge is -1.95. The highest BCUT2D eigenvalue weighted by atomic mass is 32.7. The monoisotopic (exact) mass is 125 g/mol. The molecule has 0 aromatic heterocycles. The summed E-state index contributed by atoms with van der Waals surface area (Å²) in [4.78, 5) is 0. The molecule has 38 valence electrons.